The number of benzene rings is 2. The second-order valence-electron chi connectivity index (χ2n) is 3.51. The number of hydrogen-bond acceptors (Lipinski definition) is 2. The van der Waals surface area contributed by atoms with E-state index in [4.69, 9.17) is 10.00 Å². The van der Waals surface area contributed by atoms with E-state index in [1.165, 1.54) is 6.07 Å². The smallest absolute Gasteiger partial charge is 0.165 e. The van der Waals surface area contributed by atoms with Gasteiger partial charge in [0.25, 0.3) is 0 Å². The van der Waals surface area contributed by atoms with Crippen LogP contribution in [0.1, 0.15) is 5.56 Å². The topological polar surface area (TPSA) is 33.0 Å². The number of halogens is 1. The molecule has 0 atom stereocenters. The SMILES string of the molecule is N#CCc1ccc(F)c(Oc2ccccc2)c1. The Balaban J connectivity index is 2.26. The fourth-order valence-electron chi connectivity index (χ4n) is 1.44. The molecule has 0 radical (unpaired) electrons. The summed E-state index contributed by atoms with van der Waals surface area (Å²) in [6.45, 7) is 0. The van der Waals surface area contributed by atoms with Gasteiger partial charge in [-0.25, -0.2) is 4.39 Å². The highest BCUT2D eigenvalue weighted by Gasteiger charge is 2.05. The molecule has 0 fully saturated rings. The summed E-state index contributed by atoms with van der Waals surface area (Å²) in [5.74, 6) is 0.278. The van der Waals surface area contributed by atoms with Crippen LogP contribution in [0.4, 0.5) is 4.39 Å². The maximum atomic E-state index is 13.5. The maximum absolute atomic E-state index is 13.5. The molecule has 17 heavy (non-hydrogen) atoms. The molecule has 0 saturated carbocycles. The van der Waals surface area contributed by atoms with Gasteiger partial charge in [0.15, 0.2) is 11.6 Å². The lowest BCUT2D eigenvalue weighted by atomic mass is 10.1. The summed E-state index contributed by atoms with van der Waals surface area (Å²) in [5.41, 5.74) is 0.736. The van der Waals surface area contributed by atoms with Gasteiger partial charge in [-0.15, -0.1) is 0 Å². The van der Waals surface area contributed by atoms with Crippen molar-refractivity contribution in [2.45, 2.75) is 6.42 Å². The monoisotopic (exact) mass is 227 g/mol. The van der Waals surface area contributed by atoms with Gasteiger partial charge < -0.3 is 4.74 Å². The van der Waals surface area contributed by atoms with Gasteiger partial charge in [0.05, 0.1) is 12.5 Å². The molecule has 2 rings (SSSR count). The molecule has 0 N–H and O–H groups in total. The highest BCUT2D eigenvalue weighted by atomic mass is 19.1. The van der Waals surface area contributed by atoms with E-state index in [2.05, 4.69) is 0 Å². The molecule has 0 aliphatic heterocycles. The molecular formula is C14H10FNO. The molecule has 0 heterocycles. The molecule has 0 bridgehead atoms. The van der Waals surface area contributed by atoms with Crippen LogP contribution < -0.4 is 4.74 Å². The molecule has 2 aromatic carbocycles. The molecule has 0 aliphatic carbocycles. The van der Waals surface area contributed by atoms with Crippen LogP contribution in [-0.4, -0.2) is 0 Å². The van der Waals surface area contributed by atoms with Crippen LogP contribution in [-0.2, 0) is 6.42 Å². The largest absolute Gasteiger partial charge is 0.454 e. The van der Waals surface area contributed by atoms with Gasteiger partial charge in [0, 0.05) is 0 Å². The Kier molecular flexibility index (Phi) is 3.37. The van der Waals surface area contributed by atoms with Crippen molar-refractivity contribution in [2.75, 3.05) is 0 Å². The lowest BCUT2D eigenvalue weighted by Gasteiger charge is -2.07. The first-order chi connectivity index (χ1) is 8.29. The lowest BCUT2D eigenvalue weighted by Crippen LogP contribution is -1.90. The van der Waals surface area contributed by atoms with Crippen LogP contribution >= 0.6 is 0 Å². The van der Waals surface area contributed by atoms with Crippen LogP contribution in [0.25, 0.3) is 0 Å². The molecule has 0 unspecified atom stereocenters. The average Bonchev–Trinajstić information content (AvgIpc) is 2.35. The van der Waals surface area contributed by atoms with Gasteiger partial charge in [-0.05, 0) is 29.8 Å². The normalized spacial score (nSPS) is 9.65. The van der Waals surface area contributed by atoms with E-state index in [1.54, 1.807) is 24.3 Å². The molecule has 0 saturated heterocycles. The second-order valence-corrected chi connectivity index (χ2v) is 3.51. The Hall–Kier alpha value is -2.34. The number of rotatable bonds is 3. The van der Waals surface area contributed by atoms with E-state index in [0.29, 0.717) is 5.75 Å². The Morgan fingerprint density at radius 2 is 1.88 bits per heavy atom. The standard InChI is InChI=1S/C14H10FNO/c15-13-7-6-11(8-9-16)10-14(13)17-12-4-2-1-3-5-12/h1-7,10H,8H2. The maximum Gasteiger partial charge on any atom is 0.165 e. The van der Waals surface area contributed by atoms with E-state index in [1.807, 2.05) is 24.3 Å². The molecule has 2 aromatic rings. The highest BCUT2D eigenvalue weighted by molar-refractivity contribution is 5.35. The summed E-state index contributed by atoms with van der Waals surface area (Å²) in [6, 6.07) is 15.4. The van der Waals surface area contributed by atoms with E-state index in [9.17, 15) is 4.39 Å². The van der Waals surface area contributed by atoms with Gasteiger partial charge in [-0.3, -0.25) is 0 Å². The molecule has 2 nitrogen and oxygen atoms in total. The summed E-state index contributed by atoms with van der Waals surface area (Å²) < 4.78 is 18.9. The fourth-order valence-corrected chi connectivity index (χ4v) is 1.44. The van der Waals surface area contributed by atoms with Crippen LogP contribution in [0.5, 0.6) is 11.5 Å². The zero-order valence-electron chi connectivity index (χ0n) is 9.06. The third-order valence-corrected chi connectivity index (χ3v) is 2.25. The third-order valence-electron chi connectivity index (χ3n) is 2.25. The minimum atomic E-state index is -0.435. The molecule has 0 spiro atoms. The van der Waals surface area contributed by atoms with Crippen molar-refractivity contribution in [1.29, 1.82) is 5.26 Å². The van der Waals surface area contributed by atoms with Crippen molar-refractivity contribution in [3.05, 3.63) is 59.9 Å². The first-order valence-electron chi connectivity index (χ1n) is 5.18. The summed E-state index contributed by atoms with van der Waals surface area (Å²) in [7, 11) is 0. The van der Waals surface area contributed by atoms with Gasteiger partial charge in [-0.2, -0.15) is 5.26 Å². The number of hydrogen-bond donors (Lipinski definition) is 0. The molecule has 3 heteroatoms. The van der Waals surface area contributed by atoms with Crippen molar-refractivity contribution < 1.29 is 9.13 Å². The fraction of sp³-hybridized carbons (Fsp3) is 0.0714. The quantitative estimate of drug-likeness (QED) is 0.801. The Labute approximate surface area is 98.9 Å². The van der Waals surface area contributed by atoms with Crippen LogP contribution in [0, 0.1) is 17.1 Å². The van der Waals surface area contributed by atoms with Gasteiger partial charge >= 0.3 is 0 Å². The summed E-state index contributed by atoms with van der Waals surface area (Å²) in [5, 5.41) is 8.59. The second kappa shape index (κ2) is 5.13. The summed E-state index contributed by atoms with van der Waals surface area (Å²) in [6.07, 6.45) is 0.241. The Morgan fingerprint density at radius 1 is 1.12 bits per heavy atom. The average molecular weight is 227 g/mol. The number of ether oxygens (including phenoxy) is 1. The first kappa shape index (κ1) is 11.2. The number of para-hydroxylation sites is 1. The Bertz CT molecular complexity index is 546. The molecule has 0 aromatic heterocycles. The van der Waals surface area contributed by atoms with Gasteiger partial charge in [-0.1, -0.05) is 24.3 Å². The van der Waals surface area contributed by atoms with Gasteiger partial charge in [0.2, 0.25) is 0 Å². The number of nitriles is 1. The van der Waals surface area contributed by atoms with Crippen molar-refractivity contribution in [3.63, 3.8) is 0 Å². The van der Waals surface area contributed by atoms with Crippen molar-refractivity contribution in [3.8, 4) is 17.6 Å². The number of nitrogens with zero attached hydrogens (tertiary/aromatic N) is 1. The summed E-state index contributed by atoms with van der Waals surface area (Å²) in [4.78, 5) is 0. The van der Waals surface area contributed by atoms with E-state index in [-0.39, 0.29) is 12.2 Å². The van der Waals surface area contributed by atoms with Crippen molar-refractivity contribution in [1.82, 2.24) is 0 Å². The van der Waals surface area contributed by atoms with Crippen molar-refractivity contribution >= 4 is 0 Å². The molecule has 0 amide bonds. The summed E-state index contributed by atoms with van der Waals surface area (Å²) >= 11 is 0. The van der Waals surface area contributed by atoms with Crippen LogP contribution in [0.15, 0.2) is 48.5 Å². The van der Waals surface area contributed by atoms with Crippen molar-refractivity contribution in [2.24, 2.45) is 0 Å². The van der Waals surface area contributed by atoms with Crippen LogP contribution in [0.3, 0.4) is 0 Å². The molecular weight excluding hydrogens is 217 g/mol. The van der Waals surface area contributed by atoms with Crippen LogP contribution in [0.2, 0.25) is 0 Å². The lowest BCUT2D eigenvalue weighted by molar-refractivity contribution is 0.441. The highest BCUT2D eigenvalue weighted by Crippen LogP contribution is 2.25. The first-order valence-corrected chi connectivity index (χ1v) is 5.18. The zero-order chi connectivity index (χ0) is 12.1. The zero-order valence-corrected chi connectivity index (χ0v) is 9.06. The van der Waals surface area contributed by atoms with E-state index in [0.717, 1.165) is 5.56 Å². The Morgan fingerprint density at radius 3 is 2.59 bits per heavy atom. The predicted molar refractivity (Wildman–Crippen MR) is 62.2 cm³/mol. The molecule has 84 valence electrons. The molecule has 0 aliphatic rings. The third kappa shape index (κ3) is 2.82. The van der Waals surface area contributed by atoms with E-state index < -0.39 is 5.82 Å². The predicted octanol–water partition coefficient (Wildman–Crippen LogP) is 3.68. The van der Waals surface area contributed by atoms with Gasteiger partial charge in [0.1, 0.15) is 5.75 Å². The minimum Gasteiger partial charge on any atom is -0.454 e. The minimum absolute atomic E-state index is 0.143. The van der Waals surface area contributed by atoms with E-state index >= 15 is 0 Å².